The molecule has 1 atom stereocenters. The number of aromatic nitrogens is 1. The van der Waals surface area contributed by atoms with Crippen LogP contribution < -0.4 is 4.74 Å². The van der Waals surface area contributed by atoms with Crippen molar-refractivity contribution in [1.82, 2.24) is 4.57 Å². The smallest absolute Gasteiger partial charge is 0.343 e. The van der Waals surface area contributed by atoms with Gasteiger partial charge in [-0.1, -0.05) is 0 Å². The summed E-state index contributed by atoms with van der Waals surface area (Å²) < 4.78 is 12.8. The van der Waals surface area contributed by atoms with E-state index >= 15 is 0 Å². The molecule has 0 bridgehead atoms. The number of hydrogen-bond donors (Lipinski definition) is 0. The van der Waals surface area contributed by atoms with Gasteiger partial charge in [-0.3, -0.25) is 0 Å². The lowest BCUT2D eigenvalue weighted by Gasteiger charge is -2.37. The van der Waals surface area contributed by atoms with Gasteiger partial charge in [0.15, 0.2) is 0 Å². The summed E-state index contributed by atoms with van der Waals surface area (Å²) >= 11 is 0. The largest absolute Gasteiger partial charge is 0.475 e. The first-order valence-corrected chi connectivity index (χ1v) is 6.01. The van der Waals surface area contributed by atoms with Gasteiger partial charge in [-0.2, -0.15) is 0 Å². The van der Waals surface area contributed by atoms with Gasteiger partial charge < -0.3 is 14.0 Å². The summed E-state index contributed by atoms with van der Waals surface area (Å²) in [5.74, 6) is 0.318. The Kier molecular flexibility index (Phi) is 2.89. The Labute approximate surface area is 102 Å². The zero-order valence-corrected chi connectivity index (χ0v) is 10.8. The Morgan fingerprint density at radius 1 is 1.65 bits per heavy atom. The second kappa shape index (κ2) is 4.09. The molecule has 0 radical (unpaired) electrons. The SMILES string of the molecule is CCOC(=O)c1ccn2c1O[C@H](C)CC2(C)C. The molecule has 2 rings (SSSR count). The van der Waals surface area contributed by atoms with Gasteiger partial charge in [0.1, 0.15) is 5.56 Å². The predicted octanol–water partition coefficient (Wildman–Crippen LogP) is 2.57. The highest BCUT2D eigenvalue weighted by Gasteiger charge is 2.34. The Morgan fingerprint density at radius 2 is 2.35 bits per heavy atom. The monoisotopic (exact) mass is 237 g/mol. The van der Waals surface area contributed by atoms with E-state index in [1.165, 1.54) is 0 Å². The van der Waals surface area contributed by atoms with Crippen molar-refractivity contribution in [2.75, 3.05) is 6.61 Å². The van der Waals surface area contributed by atoms with E-state index in [-0.39, 0.29) is 17.6 Å². The van der Waals surface area contributed by atoms with Crippen LogP contribution in [0.25, 0.3) is 0 Å². The number of hydrogen-bond acceptors (Lipinski definition) is 3. The summed E-state index contributed by atoms with van der Waals surface area (Å²) in [6, 6.07) is 1.77. The van der Waals surface area contributed by atoms with Crippen LogP contribution in [0.4, 0.5) is 0 Å². The molecule has 2 heterocycles. The van der Waals surface area contributed by atoms with Crippen LogP contribution in [0.2, 0.25) is 0 Å². The maximum absolute atomic E-state index is 11.8. The predicted molar refractivity (Wildman–Crippen MR) is 64.4 cm³/mol. The second-order valence-electron chi connectivity index (χ2n) is 5.07. The highest BCUT2D eigenvalue weighted by atomic mass is 16.5. The third kappa shape index (κ3) is 2.04. The minimum absolute atomic E-state index is 0.0300. The highest BCUT2D eigenvalue weighted by molar-refractivity contribution is 5.92. The lowest BCUT2D eigenvalue weighted by Crippen LogP contribution is -2.38. The van der Waals surface area contributed by atoms with Crippen molar-refractivity contribution >= 4 is 5.97 Å². The van der Waals surface area contributed by atoms with E-state index in [2.05, 4.69) is 13.8 Å². The van der Waals surface area contributed by atoms with E-state index < -0.39 is 0 Å². The first-order chi connectivity index (χ1) is 7.95. The van der Waals surface area contributed by atoms with Crippen molar-refractivity contribution in [3.05, 3.63) is 17.8 Å². The quantitative estimate of drug-likeness (QED) is 0.742. The van der Waals surface area contributed by atoms with E-state index in [0.717, 1.165) is 6.42 Å². The summed E-state index contributed by atoms with van der Waals surface area (Å²) in [4.78, 5) is 11.8. The molecule has 94 valence electrons. The lowest BCUT2D eigenvalue weighted by molar-refractivity contribution is 0.0499. The standard InChI is InChI=1S/C13H19NO3/c1-5-16-12(15)10-6-7-14-11(10)17-9(2)8-13(14,3)4/h6-7,9H,5,8H2,1-4H3/t9-/m1/s1. The Hall–Kier alpha value is -1.45. The van der Waals surface area contributed by atoms with E-state index in [9.17, 15) is 4.79 Å². The highest BCUT2D eigenvalue weighted by Crippen LogP contribution is 2.37. The van der Waals surface area contributed by atoms with Crippen LogP contribution in [0, 0.1) is 0 Å². The molecule has 4 nitrogen and oxygen atoms in total. The normalized spacial score (nSPS) is 21.5. The van der Waals surface area contributed by atoms with Crippen molar-refractivity contribution in [2.45, 2.75) is 45.8 Å². The summed E-state index contributed by atoms with van der Waals surface area (Å²) in [5, 5.41) is 0. The van der Waals surface area contributed by atoms with Crippen LogP contribution in [0.1, 0.15) is 44.5 Å². The van der Waals surface area contributed by atoms with Gasteiger partial charge in [0, 0.05) is 18.2 Å². The Balaban J connectivity index is 2.40. The van der Waals surface area contributed by atoms with Crippen LogP contribution >= 0.6 is 0 Å². The number of carbonyl (C=O) groups excluding carboxylic acids is 1. The van der Waals surface area contributed by atoms with E-state index in [0.29, 0.717) is 18.1 Å². The molecule has 0 aromatic carbocycles. The van der Waals surface area contributed by atoms with Crippen molar-refractivity contribution in [3.63, 3.8) is 0 Å². The van der Waals surface area contributed by atoms with Crippen molar-refractivity contribution in [2.24, 2.45) is 0 Å². The fourth-order valence-electron chi connectivity index (χ4n) is 2.41. The Bertz CT molecular complexity index is 434. The Morgan fingerprint density at radius 3 is 3.00 bits per heavy atom. The summed E-state index contributed by atoms with van der Waals surface area (Å²) in [6.45, 7) is 8.48. The number of esters is 1. The molecule has 1 aromatic rings. The summed E-state index contributed by atoms with van der Waals surface area (Å²) in [6.07, 6.45) is 2.94. The molecule has 0 saturated heterocycles. The fourth-order valence-corrected chi connectivity index (χ4v) is 2.41. The molecule has 0 amide bonds. The number of carbonyl (C=O) groups is 1. The number of fused-ring (bicyclic) bond motifs is 1. The molecule has 0 aliphatic carbocycles. The molecule has 0 N–H and O–H groups in total. The molecule has 1 aromatic heterocycles. The molecule has 0 saturated carbocycles. The molecule has 0 spiro atoms. The molecule has 0 unspecified atom stereocenters. The minimum Gasteiger partial charge on any atom is -0.475 e. The van der Waals surface area contributed by atoms with E-state index in [1.807, 2.05) is 17.7 Å². The average molecular weight is 237 g/mol. The van der Waals surface area contributed by atoms with E-state index in [1.54, 1.807) is 13.0 Å². The summed E-state index contributed by atoms with van der Waals surface area (Å²) in [5.41, 5.74) is 0.490. The number of rotatable bonds is 2. The lowest BCUT2D eigenvalue weighted by atomic mass is 9.95. The van der Waals surface area contributed by atoms with E-state index in [4.69, 9.17) is 9.47 Å². The zero-order chi connectivity index (χ0) is 12.6. The second-order valence-corrected chi connectivity index (χ2v) is 5.07. The third-order valence-electron chi connectivity index (χ3n) is 3.09. The van der Waals surface area contributed by atoms with Crippen LogP contribution in [0.3, 0.4) is 0 Å². The number of ether oxygens (including phenoxy) is 2. The van der Waals surface area contributed by atoms with Gasteiger partial charge in [0.2, 0.25) is 5.88 Å². The molecule has 4 heteroatoms. The average Bonchev–Trinajstić information content (AvgIpc) is 2.60. The maximum atomic E-state index is 11.8. The van der Waals surface area contributed by atoms with Crippen LogP contribution in [0.15, 0.2) is 12.3 Å². The third-order valence-corrected chi connectivity index (χ3v) is 3.09. The topological polar surface area (TPSA) is 40.5 Å². The molecule has 1 aliphatic rings. The van der Waals surface area contributed by atoms with Gasteiger partial charge in [-0.15, -0.1) is 0 Å². The van der Waals surface area contributed by atoms with Gasteiger partial charge in [0.25, 0.3) is 0 Å². The van der Waals surface area contributed by atoms with Gasteiger partial charge >= 0.3 is 5.97 Å². The molecular weight excluding hydrogens is 218 g/mol. The maximum Gasteiger partial charge on any atom is 0.343 e. The van der Waals surface area contributed by atoms with Crippen molar-refractivity contribution in [3.8, 4) is 5.88 Å². The fraction of sp³-hybridized carbons (Fsp3) is 0.615. The van der Waals surface area contributed by atoms with Crippen LogP contribution in [-0.4, -0.2) is 23.2 Å². The van der Waals surface area contributed by atoms with Gasteiger partial charge in [-0.25, -0.2) is 4.79 Å². The first kappa shape index (κ1) is 12.0. The minimum atomic E-state index is -0.314. The van der Waals surface area contributed by atoms with Crippen molar-refractivity contribution < 1.29 is 14.3 Å². The summed E-state index contributed by atoms with van der Waals surface area (Å²) in [7, 11) is 0. The van der Waals surface area contributed by atoms with Gasteiger partial charge in [-0.05, 0) is 33.8 Å². The number of nitrogens with zero attached hydrogens (tertiary/aromatic N) is 1. The first-order valence-electron chi connectivity index (χ1n) is 6.01. The van der Waals surface area contributed by atoms with Crippen molar-refractivity contribution in [1.29, 1.82) is 0 Å². The zero-order valence-electron chi connectivity index (χ0n) is 10.8. The molecule has 1 aliphatic heterocycles. The van der Waals surface area contributed by atoms with Crippen LogP contribution in [-0.2, 0) is 10.3 Å². The molecule has 17 heavy (non-hydrogen) atoms. The van der Waals surface area contributed by atoms with Crippen LogP contribution in [0.5, 0.6) is 5.88 Å². The molecule has 0 fully saturated rings. The van der Waals surface area contributed by atoms with Gasteiger partial charge in [0.05, 0.1) is 12.7 Å². The molecular formula is C13H19NO3.